The van der Waals surface area contributed by atoms with E-state index in [9.17, 15) is 4.79 Å². The summed E-state index contributed by atoms with van der Waals surface area (Å²) in [6.45, 7) is 6.45. The van der Waals surface area contributed by atoms with Crippen LogP contribution in [-0.2, 0) is 5.41 Å². The lowest BCUT2D eigenvalue weighted by atomic mass is 9.87. The molecule has 0 atom stereocenters. The third-order valence-electron chi connectivity index (χ3n) is 3.70. The Bertz CT molecular complexity index is 729. The van der Waals surface area contributed by atoms with Gasteiger partial charge in [0.25, 0.3) is 5.91 Å². The van der Waals surface area contributed by atoms with E-state index < -0.39 is 0 Å². The van der Waals surface area contributed by atoms with Crippen molar-refractivity contribution in [2.45, 2.75) is 26.2 Å². The molecule has 0 radical (unpaired) electrons. The molecule has 2 aromatic carbocycles. The van der Waals surface area contributed by atoms with Crippen LogP contribution in [0.5, 0.6) is 11.5 Å². The van der Waals surface area contributed by atoms with Crippen molar-refractivity contribution < 1.29 is 14.3 Å². The zero-order valence-corrected chi connectivity index (χ0v) is 16.2. The molecule has 1 amide bonds. The molecule has 0 aromatic heterocycles. The maximum absolute atomic E-state index is 12.5. The first kappa shape index (κ1) is 18.3. The molecular weight excluding hydrogens is 370 g/mol. The Morgan fingerprint density at radius 3 is 2.04 bits per heavy atom. The molecule has 4 nitrogen and oxygen atoms in total. The topological polar surface area (TPSA) is 47.6 Å². The van der Waals surface area contributed by atoms with Crippen molar-refractivity contribution in [1.82, 2.24) is 0 Å². The number of methoxy groups -OCH3 is 2. The third kappa shape index (κ3) is 4.29. The lowest BCUT2D eigenvalue weighted by Crippen LogP contribution is -2.14. The van der Waals surface area contributed by atoms with Crippen molar-refractivity contribution in [1.29, 1.82) is 0 Å². The van der Waals surface area contributed by atoms with Crippen molar-refractivity contribution >= 4 is 27.5 Å². The smallest absolute Gasteiger partial charge is 0.255 e. The molecule has 5 heteroatoms. The summed E-state index contributed by atoms with van der Waals surface area (Å²) in [4.78, 5) is 12.5. The predicted molar refractivity (Wildman–Crippen MR) is 100 cm³/mol. The van der Waals surface area contributed by atoms with Crippen molar-refractivity contribution in [3.05, 3.63) is 52.0 Å². The average molecular weight is 392 g/mol. The van der Waals surface area contributed by atoms with Gasteiger partial charge in [-0.3, -0.25) is 4.79 Å². The van der Waals surface area contributed by atoms with Crippen molar-refractivity contribution in [3.63, 3.8) is 0 Å². The van der Waals surface area contributed by atoms with Crippen LogP contribution in [0, 0.1) is 0 Å². The summed E-state index contributed by atoms with van der Waals surface area (Å²) < 4.78 is 11.3. The molecule has 1 N–H and O–H groups in total. The number of ether oxygens (including phenoxy) is 2. The molecule has 24 heavy (non-hydrogen) atoms. The number of nitrogens with one attached hydrogen (secondary N) is 1. The maximum Gasteiger partial charge on any atom is 0.255 e. The van der Waals surface area contributed by atoms with Gasteiger partial charge in [0.15, 0.2) is 0 Å². The molecule has 128 valence electrons. The number of hydrogen-bond acceptors (Lipinski definition) is 3. The fraction of sp³-hybridized carbons (Fsp3) is 0.316. The molecule has 0 spiro atoms. The molecule has 0 aliphatic rings. The van der Waals surface area contributed by atoms with Crippen LogP contribution < -0.4 is 14.8 Å². The van der Waals surface area contributed by atoms with Gasteiger partial charge in [-0.25, -0.2) is 0 Å². The summed E-state index contributed by atoms with van der Waals surface area (Å²) >= 11 is 3.53. The van der Waals surface area contributed by atoms with Crippen molar-refractivity contribution in [2.75, 3.05) is 19.5 Å². The average Bonchev–Trinajstić information content (AvgIpc) is 2.55. The number of carbonyl (C=O) groups is 1. The van der Waals surface area contributed by atoms with Gasteiger partial charge in [0.1, 0.15) is 11.5 Å². The lowest BCUT2D eigenvalue weighted by molar-refractivity contribution is 0.102. The van der Waals surface area contributed by atoms with Crippen LogP contribution in [0.2, 0.25) is 0 Å². The summed E-state index contributed by atoms with van der Waals surface area (Å²) in [5.74, 6) is 0.916. The number of halogens is 1. The molecule has 2 aromatic rings. The highest BCUT2D eigenvalue weighted by Crippen LogP contribution is 2.31. The van der Waals surface area contributed by atoms with E-state index in [0.29, 0.717) is 17.1 Å². The second-order valence-corrected chi connectivity index (χ2v) is 7.35. The normalized spacial score (nSPS) is 11.1. The number of carbonyl (C=O) groups excluding carboxylic acids is 1. The van der Waals surface area contributed by atoms with Gasteiger partial charge in [-0.2, -0.15) is 0 Å². The van der Waals surface area contributed by atoms with Gasteiger partial charge in [-0.05, 0) is 51.2 Å². The van der Waals surface area contributed by atoms with Crippen LogP contribution in [-0.4, -0.2) is 20.1 Å². The fourth-order valence-corrected chi connectivity index (χ4v) is 2.69. The number of anilines is 1. The zero-order chi connectivity index (χ0) is 17.9. The monoisotopic (exact) mass is 391 g/mol. The molecular formula is C19H22BrNO3. The largest absolute Gasteiger partial charge is 0.497 e. The Morgan fingerprint density at radius 2 is 1.58 bits per heavy atom. The summed E-state index contributed by atoms with van der Waals surface area (Å²) in [5.41, 5.74) is 2.42. The molecule has 0 saturated heterocycles. The highest BCUT2D eigenvalue weighted by Gasteiger charge is 2.16. The van der Waals surface area contributed by atoms with Gasteiger partial charge in [0, 0.05) is 16.1 Å². The van der Waals surface area contributed by atoms with Crippen LogP contribution in [0.3, 0.4) is 0 Å². The van der Waals surface area contributed by atoms with Crippen molar-refractivity contribution in [2.24, 2.45) is 0 Å². The Kier molecular flexibility index (Phi) is 5.54. The quantitative estimate of drug-likeness (QED) is 0.795. The van der Waals surface area contributed by atoms with Gasteiger partial charge >= 0.3 is 0 Å². The van der Waals surface area contributed by atoms with Gasteiger partial charge in [-0.1, -0.05) is 26.8 Å². The van der Waals surface area contributed by atoms with Crippen LogP contribution in [0.15, 0.2) is 40.9 Å². The van der Waals surface area contributed by atoms with Crippen molar-refractivity contribution in [3.8, 4) is 11.5 Å². The van der Waals surface area contributed by atoms with Gasteiger partial charge in [0.2, 0.25) is 0 Å². The van der Waals surface area contributed by atoms with E-state index in [1.54, 1.807) is 32.4 Å². The van der Waals surface area contributed by atoms with E-state index in [1.165, 1.54) is 5.56 Å². The lowest BCUT2D eigenvalue weighted by Gasteiger charge is -2.20. The standard InChI is InChI=1S/C19H22BrNO3/c1-19(2,3)13-6-7-17(16(20)10-13)21-18(22)12-8-14(23-4)11-15(9-12)24-5/h6-11H,1-5H3,(H,21,22). The molecule has 0 aliphatic heterocycles. The highest BCUT2D eigenvalue weighted by molar-refractivity contribution is 9.10. The summed E-state index contributed by atoms with van der Waals surface area (Å²) in [6.07, 6.45) is 0. The van der Waals surface area contributed by atoms with E-state index in [4.69, 9.17) is 9.47 Å². The molecule has 0 bridgehead atoms. The van der Waals surface area contributed by atoms with Crippen LogP contribution in [0.25, 0.3) is 0 Å². The number of amides is 1. The molecule has 0 unspecified atom stereocenters. The van der Waals surface area contributed by atoms with E-state index in [-0.39, 0.29) is 11.3 Å². The van der Waals surface area contributed by atoms with Gasteiger partial charge in [-0.15, -0.1) is 0 Å². The summed E-state index contributed by atoms with van der Waals surface area (Å²) in [6, 6.07) is 11.0. The second-order valence-electron chi connectivity index (χ2n) is 6.50. The first-order chi connectivity index (χ1) is 11.2. The van der Waals surface area contributed by atoms with E-state index >= 15 is 0 Å². The zero-order valence-electron chi connectivity index (χ0n) is 14.6. The molecule has 0 aliphatic carbocycles. The first-order valence-electron chi connectivity index (χ1n) is 7.59. The molecule has 0 fully saturated rings. The Morgan fingerprint density at radius 1 is 1.00 bits per heavy atom. The Hall–Kier alpha value is -2.01. The van der Waals surface area contributed by atoms with Crippen LogP contribution >= 0.6 is 15.9 Å². The Labute approximate surface area is 151 Å². The van der Waals surface area contributed by atoms with E-state index in [0.717, 1.165) is 10.2 Å². The van der Waals surface area contributed by atoms with Gasteiger partial charge < -0.3 is 14.8 Å². The third-order valence-corrected chi connectivity index (χ3v) is 4.35. The number of hydrogen-bond donors (Lipinski definition) is 1. The maximum atomic E-state index is 12.5. The minimum Gasteiger partial charge on any atom is -0.497 e. The minimum absolute atomic E-state index is 0.0468. The number of benzene rings is 2. The highest BCUT2D eigenvalue weighted by atomic mass is 79.9. The fourth-order valence-electron chi connectivity index (χ4n) is 2.22. The molecule has 0 saturated carbocycles. The van der Waals surface area contributed by atoms with Crippen LogP contribution in [0.4, 0.5) is 5.69 Å². The SMILES string of the molecule is COc1cc(OC)cc(C(=O)Nc2ccc(C(C)(C)C)cc2Br)c1. The first-order valence-corrected chi connectivity index (χ1v) is 8.38. The van der Waals surface area contributed by atoms with E-state index in [2.05, 4.69) is 42.0 Å². The summed E-state index contributed by atoms with van der Waals surface area (Å²) in [7, 11) is 3.11. The Balaban J connectivity index is 2.27. The van der Waals surface area contributed by atoms with Gasteiger partial charge in [0.05, 0.1) is 19.9 Å². The summed E-state index contributed by atoms with van der Waals surface area (Å²) in [5, 5.41) is 2.91. The molecule has 2 rings (SSSR count). The minimum atomic E-state index is -0.226. The predicted octanol–water partition coefficient (Wildman–Crippen LogP) is 5.02. The van der Waals surface area contributed by atoms with Crippen LogP contribution in [0.1, 0.15) is 36.7 Å². The second kappa shape index (κ2) is 7.26. The van der Waals surface area contributed by atoms with E-state index in [1.807, 2.05) is 18.2 Å². The molecule has 0 heterocycles. The number of rotatable bonds is 4.